The summed E-state index contributed by atoms with van der Waals surface area (Å²) in [7, 11) is 1.62. The first kappa shape index (κ1) is 21.7. The van der Waals surface area contributed by atoms with E-state index < -0.39 is 0 Å². The van der Waals surface area contributed by atoms with Gasteiger partial charge in [-0.25, -0.2) is 4.68 Å². The van der Waals surface area contributed by atoms with E-state index in [4.69, 9.17) is 10.6 Å². The van der Waals surface area contributed by atoms with Crippen molar-refractivity contribution in [2.45, 2.75) is 37.9 Å². The maximum Gasteiger partial charge on any atom is 0.230 e. The summed E-state index contributed by atoms with van der Waals surface area (Å²) < 4.78 is 6.62. The molecule has 0 aliphatic carbocycles. The highest BCUT2D eigenvalue weighted by Crippen LogP contribution is 2.26. The first-order valence-corrected chi connectivity index (χ1v) is 10.6. The summed E-state index contributed by atoms with van der Waals surface area (Å²) in [5.74, 6) is 7.58. The average molecular weight is 426 g/mol. The number of ether oxygens (including phenoxy) is 1. The number of carbonyl (C=O) groups excluding carboxylic acids is 1. The van der Waals surface area contributed by atoms with Gasteiger partial charge in [0, 0.05) is 12.1 Å². The number of nitrogens with one attached hydrogen (secondary N) is 1. The van der Waals surface area contributed by atoms with E-state index >= 15 is 0 Å². The van der Waals surface area contributed by atoms with Gasteiger partial charge in [0.25, 0.3) is 0 Å². The highest BCUT2D eigenvalue weighted by molar-refractivity contribution is 7.99. The van der Waals surface area contributed by atoms with Crippen molar-refractivity contribution in [3.8, 4) is 17.1 Å². The summed E-state index contributed by atoms with van der Waals surface area (Å²) in [5.41, 5.74) is 3.16. The predicted molar refractivity (Wildman–Crippen MR) is 120 cm³/mol. The predicted octanol–water partition coefficient (Wildman–Crippen LogP) is 3.37. The minimum atomic E-state index is -0.109. The molecule has 0 saturated heterocycles. The number of hydrogen-bond donors (Lipinski definition) is 2. The molecule has 0 saturated carbocycles. The molecule has 0 unspecified atom stereocenters. The van der Waals surface area contributed by atoms with Gasteiger partial charge in [-0.2, -0.15) is 0 Å². The summed E-state index contributed by atoms with van der Waals surface area (Å²) in [6, 6.07) is 15.7. The number of benzene rings is 2. The van der Waals surface area contributed by atoms with Crippen molar-refractivity contribution in [3.63, 3.8) is 0 Å². The van der Waals surface area contributed by atoms with Gasteiger partial charge >= 0.3 is 0 Å². The van der Waals surface area contributed by atoms with Crippen molar-refractivity contribution in [2.24, 2.45) is 0 Å². The number of methoxy groups -OCH3 is 1. The van der Waals surface area contributed by atoms with E-state index in [1.807, 2.05) is 36.4 Å². The second-order valence-electron chi connectivity index (χ2n) is 7.92. The average Bonchev–Trinajstić information content (AvgIpc) is 3.10. The smallest absolute Gasteiger partial charge is 0.230 e. The Labute approximate surface area is 181 Å². The maximum atomic E-state index is 12.2. The number of rotatable bonds is 7. The van der Waals surface area contributed by atoms with Crippen LogP contribution in [0, 0.1) is 0 Å². The van der Waals surface area contributed by atoms with Crippen LogP contribution in [0.3, 0.4) is 0 Å². The van der Waals surface area contributed by atoms with E-state index in [1.165, 1.54) is 22.0 Å². The molecule has 0 spiro atoms. The molecule has 158 valence electrons. The van der Waals surface area contributed by atoms with Crippen LogP contribution < -0.4 is 15.9 Å². The summed E-state index contributed by atoms with van der Waals surface area (Å²) >= 11 is 1.25. The monoisotopic (exact) mass is 425 g/mol. The number of aromatic nitrogens is 3. The number of carbonyl (C=O) groups is 1. The number of nitrogen functional groups attached to an aromatic ring is 1. The van der Waals surface area contributed by atoms with Crippen molar-refractivity contribution in [2.75, 3.05) is 18.7 Å². The Morgan fingerprint density at radius 2 is 1.90 bits per heavy atom. The Balaban J connectivity index is 1.57. The fourth-order valence-electron chi connectivity index (χ4n) is 2.86. The minimum Gasteiger partial charge on any atom is -0.497 e. The summed E-state index contributed by atoms with van der Waals surface area (Å²) in [6.45, 7) is 6.93. The third-order valence-electron chi connectivity index (χ3n) is 4.63. The molecule has 0 aliphatic rings. The molecular formula is C22H27N5O2S. The van der Waals surface area contributed by atoms with E-state index in [-0.39, 0.29) is 17.1 Å². The Hall–Kier alpha value is -3.00. The van der Waals surface area contributed by atoms with Crippen LogP contribution in [0.4, 0.5) is 0 Å². The summed E-state index contributed by atoms with van der Waals surface area (Å²) in [5, 5.41) is 11.7. The second kappa shape index (κ2) is 9.21. The molecule has 1 aromatic heterocycles. The number of nitrogens with two attached hydrogens (primary N) is 1. The molecule has 1 heterocycles. The van der Waals surface area contributed by atoms with Crippen LogP contribution in [0.2, 0.25) is 0 Å². The third-order valence-corrected chi connectivity index (χ3v) is 5.57. The molecule has 1 amide bonds. The highest BCUT2D eigenvalue weighted by Gasteiger charge is 2.16. The van der Waals surface area contributed by atoms with Gasteiger partial charge < -0.3 is 15.9 Å². The van der Waals surface area contributed by atoms with Crippen molar-refractivity contribution in [3.05, 3.63) is 59.7 Å². The number of amides is 1. The van der Waals surface area contributed by atoms with E-state index in [0.717, 1.165) is 16.9 Å². The molecule has 0 bridgehead atoms. The molecule has 0 radical (unpaired) electrons. The zero-order valence-electron chi connectivity index (χ0n) is 17.7. The molecule has 3 N–H and O–H groups in total. The third kappa shape index (κ3) is 5.33. The van der Waals surface area contributed by atoms with E-state index in [0.29, 0.717) is 17.5 Å². The Bertz CT molecular complexity index is 1010. The van der Waals surface area contributed by atoms with Gasteiger partial charge in [-0.15, -0.1) is 10.2 Å². The van der Waals surface area contributed by atoms with Crippen molar-refractivity contribution >= 4 is 17.7 Å². The lowest BCUT2D eigenvalue weighted by Gasteiger charge is -2.19. The molecule has 8 heteroatoms. The van der Waals surface area contributed by atoms with Gasteiger partial charge in [-0.1, -0.05) is 68.9 Å². The zero-order chi connectivity index (χ0) is 21.7. The summed E-state index contributed by atoms with van der Waals surface area (Å²) in [4.78, 5) is 12.2. The van der Waals surface area contributed by atoms with Crippen LogP contribution >= 0.6 is 11.8 Å². The first-order chi connectivity index (χ1) is 14.3. The fourth-order valence-corrected chi connectivity index (χ4v) is 3.54. The van der Waals surface area contributed by atoms with Gasteiger partial charge in [0.05, 0.1) is 12.9 Å². The van der Waals surface area contributed by atoms with Crippen molar-refractivity contribution in [1.82, 2.24) is 20.2 Å². The topological polar surface area (TPSA) is 95.1 Å². The van der Waals surface area contributed by atoms with Crippen LogP contribution in [0.5, 0.6) is 5.75 Å². The van der Waals surface area contributed by atoms with Gasteiger partial charge in [0.15, 0.2) is 5.82 Å². The Kier molecular flexibility index (Phi) is 6.66. The lowest BCUT2D eigenvalue weighted by atomic mass is 9.87. The molecule has 0 aliphatic heterocycles. The van der Waals surface area contributed by atoms with Gasteiger partial charge in [0.2, 0.25) is 11.1 Å². The molecule has 3 rings (SSSR count). The zero-order valence-corrected chi connectivity index (χ0v) is 18.5. The lowest BCUT2D eigenvalue weighted by Crippen LogP contribution is -2.25. The maximum absolute atomic E-state index is 12.2. The van der Waals surface area contributed by atoms with Gasteiger partial charge in [-0.3, -0.25) is 4.79 Å². The largest absolute Gasteiger partial charge is 0.497 e. The minimum absolute atomic E-state index is 0.0776. The Morgan fingerprint density at radius 1 is 1.17 bits per heavy atom. The molecule has 0 atom stereocenters. The highest BCUT2D eigenvalue weighted by atomic mass is 32.2. The quantitative estimate of drug-likeness (QED) is 0.445. The lowest BCUT2D eigenvalue weighted by molar-refractivity contribution is -0.118. The Morgan fingerprint density at radius 3 is 2.57 bits per heavy atom. The van der Waals surface area contributed by atoms with Crippen LogP contribution in [0.15, 0.2) is 53.7 Å². The summed E-state index contributed by atoms with van der Waals surface area (Å²) in [6.07, 6.45) is 0. The fraction of sp³-hybridized carbons (Fsp3) is 0.318. The van der Waals surface area contributed by atoms with Crippen LogP contribution in [0.25, 0.3) is 11.4 Å². The number of thioether (sulfide) groups is 1. The van der Waals surface area contributed by atoms with Crippen molar-refractivity contribution in [1.29, 1.82) is 0 Å². The molecule has 7 nitrogen and oxygen atoms in total. The number of hydrogen-bond acceptors (Lipinski definition) is 6. The van der Waals surface area contributed by atoms with Crippen LogP contribution in [0.1, 0.15) is 31.9 Å². The molecule has 2 aromatic carbocycles. The standard InChI is InChI=1S/C22H27N5O2S/c1-22(2,3)17-10-8-16(9-11-17)20-25-26-21(27(20)23)30-14-19(28)24-13-15-6-5-7-18(12-15)29-4/h5-12H,13-14,23H2,1-4H3,(H,24,28). The van der Waals surface area contributed by atoms with E-state index in [9.17, 15) is 4.79 Å². The van der Waals surface area contributed by atoms with Gasteiger partial charge in [-0.05, 0) is 28.7 Å². The van der Waals surface area contributed by atoms with Crippen LogP contribution in [-0.2, 0) is 16.8 Å². The molecule has 3 aromatic rings. The normalized spacial score (nSPS) is 11.3. The SMILES string of the molecule is COc1cccc(CNC(=O)CSc2nnc(-c3ccc(C(C)(C)C)cc3)n2N)c1. The second-order valence-corrected chi connectivity index (χ2v) is 8.86. The van der Waals surface area contributed by atoms with Crippen molar-refractivity contribution < 1.29 is 9.53 Å². The van der Waals surface area contributed by atoms with Gasteiger partial charge in [0.1, 0.15) is 5.75 Å². The molecule has 0 fully saturated rings. The first-order valence-electron chi connectivity index (χ1n) is 9.62. The number of nitrogens with zero attached hydrogens (tertiary/aromatic N) is 3. The van der Waals surface area contributed by atoms with E-state index in [2.05, 4.69) is 48.4 Å². The van der Waals surface area contributed by atoms with Crippen LogP contribution in [-0.4, -0.2) is 33.6 Å². The van der Waals surface area contributed by atoms with E-state index in [1.54, 1.807) is 7.11 Å². The molecule has 30 heavy (non-hydrogen) atoms. The molecular weight excluding hydrogens is 398 g/mol.